The highest BCUT2D eigenvalue weighted by Gasteiger charge is 2.14. The average Bonchev–Trinajstić information content (AvgIpc) is 2.92. The minimum atomic E-state index is -0.214. The lowest BCUT2D eigenvalue weighted by Crippen LogP contribution is -2.27. The van der Waals surface area contributed by atoms with Crippen molar-refractivity contribution in [1.29, 1.82) is 0 Å². The Hall–Kier alpha value is -2.21. The Morgan fingerprint density at radius 3 is 2.81 bits per heavy atom. The maximum Gasteiger partial charge on any atom is 0.253 e. The molecule has 5 nitrogen and oxygen atoms in total. The first kappa shape index (κ1) is 13.8. The molecule has 0 spiro atoms. The average molecular weight is 345 g/mol. The Labute approximate surface area is 129 Å². The van der Waals surface area contributed by atoms with Crippen LogP contribution in [0.2, 0.25) is 0 Å². The smallest absolute Gasteiger partial charge is 0.253 e. The van der Waals surface area contributed by atoms with Gasteiger partial charge in [-0.15, -0.1) is 0 Å². The number of para-hydroxylation sites is 2. The van der Waals surface area contributed by atoms with E-state index >= 15 is 0 Å². The Morgan fingerprint density at radius 2 is 2.10 bits per heavy atom. The van der Waals surface area contributed by atoms with Gasteiger partial charge in [-0.1, -0.05) is 12.1 Å². The summed E-state index contributed by atoms with van der Waals surface area (Å²) in [7, 11) is 0. The number of imidazole rings is 1. The van der Waals surface area contributed by atoms with Crippen LogP contribution in [0.5, 0.6) is 0 Å². The van der Waals surface area contributed by atoms with E-state index in [0.717, 1.165) is 16.9 Å². The molecule has 0 saturated carbocycles. The van der Waals surface area contributed by atoms with Crippen molar-refractivity contribution in [3.8, 4) is 0 Å². The van der Waals surface area contributed by atoms with E-state index in [0.29, 0.717) is 10.2 Å². The first-order valence-corrected chi connectivity index (χ1v) is 7.30. The van der Waals surface area contributed by atoms with Gasteiger partial charge in [0.2, 0.25) is 0 Å². The number of amides is 1. The second kappa shape index (κ2) is 5.65. The number of carbonyl (C=O) groups is 1. The first-order chi connectivity index (χ1) is 10.1. The van der Waals surface area contributed by atoms with Crippen molar-refractivity contribution in [2.75, 3.05) is 0 Å². The molecule has 1 aromatic carbocycles. The van der Waals surface area contributed by atoms with Gasteiger partial charge >= 0.3 is 0 Å². The van der Waals surface area contributed by atoms with Crippen LogP contribution in [0.25, 0.3) is 11.0 Å². The van der Waals surface area contributed by atoms with E-state index in [4.69, 9.17) is 0 Å². The summed E-state index contributed by atoms with van der Waals surface area (Å²) in [4.78, 5) is 23.9. The highest BCUT2D eigenvalue weighted by Crippen LogP contribution is 2.16. The molecule has 2 N–H and O–H groups in total. The van der Waals surface area contributed by atoms with Gasteiger partial charge in [0.25, 0.3) is 5.91 Å². The summed E-state index contributed by atoms with van der Waals surface area (Å²) in [5, 5.41) is 2.90. The fourth-order valence-corrected chi connectivity index (χ4v) is 2.27. The number of hydrogen-bond acceptors (Lipinski definition) is 3. The van der Waals surface area contributed by atoms with E-state index in [9.17, 15) is 4.79 Å². The number of fused-ring (bicyclic) bond motifs is 1. The highest BCUT2D eigenvalue weighted by atomic mass is 79.9. The zero-order valence-electron chi connectivity index (χ0n) is 11.3. The molecule has 3 aromatic rings. The van der Waals surface area contributed by atoms with Crippen molar-refractivity contribution in [3.05, 3.63) is 58.6 Å². The molecule has 2 heterocycles. The van der Waals surface area contributed by atoms with E-state index in [1.807, 2.05) is 31.2 Å². The van der Waals surface area contributed by atoms with Gasteiger partial charge in [-0.3, -0.25) is 4.79 Å². The van der Waals surface area contributed by atoms with E-state index in [1.54, 1.807) is 12.1 Å². The number of benzene rings is 1. The number of aromatic amines is 1. The molecule has 3 rings (SSSR count). The fraction of sp³-hybridized carbons (Fsp3) is 0.133. The second-order valence-electron chi connectivity index (χ2n) is 4.70. The van der Waals surface area contributed by atoms with E-state index in [-0.39, 0.29) is 11.9 Å². The number of pyridine rings is 1. The molecule has 0 aliphatic rings. The Balaban J connectivity index is 1.77. The largest absolute Gasteiger partial charge is 0.342 e. The third kappa shape index (κ3) is 2.95. The van der Waals surface area contributed by atoms with Crippen molar-refractivity contribution in [1.82, 2.24) is 20.3 Å². The number of nitrogens with zero attached hydrogens (tertiary/aromatic N) is 2. The molecule has 0 bridgehead atoms. The van der Waals surface area contributed by atoms with Gasteiger partial charge in [-0.05, 0) is 47.1 Å². The van der Waals surface area contributed by atoms with Gasteiger partial charge in [0, 0.05) is 6.20 Å². The number of rotatable bonds is 3. The van der Waals surface area contributed by atoms with Crippen LogP contribution in [0, 0.1) is 0 Å². The molecule has 1 amide bonds. The van der Waals surface area contributed by atoms with Gasteiger partial charge in [0.15, 0.2) is 0 Å². The van der Waals surface area contributed by atoms with Gasteiger partial charge in [0.05, 0.1) is 22.6 Å². The molecule has 0 aliphatic carbocycles. The summed E-state index contributed by atoms with van der Waals surface area (Å²) in [5.41, 5.74) is 2.36. The van der Waals surface area contributed by atoms with E-state index in [2.05, 4.69) is 36.2 Å². The fourth-order valence-electron chi connectivity index (χ4n) is 2.04. The highest BCUT2D eigenvalue weighted by molar-refractivity contribution is 9.10. The van der Waals surface area contributed by atoms with Crippen LogP contribution in [-0.4, -0.2) is 20.9 Å². The quantitative estimate of drug-likeness (QED) is 0.716. The summed E-state index contributed by atoms with van der Waals surface area (Å²) >= 11 is 3.24. The summed E-state index contributed by atoms with van der Waals surface area (Å²) < 4.78 is 0.699. The molecule has 0 fully saturated rings. The predicted octanol–water partition coefficient (Wildman–Crippen LogP) is 3.21. The van der Waals surface area contributed by atoms with Crippen molar-refractivity contribution >= 4 is 32.9 Å². The van der Waals surface area contributed by atoms with Crippen LogP contribution >= 0.6 is 15.9 Å². The molecule has 0 radical (unpaired) electrons. The number of halogens is 1. The van der Waals surface area contributed by atoms with Gasteiger partial charge in [-0.2, -0.15) is 0 Å². The third-order valence-electron chi connectivity index (χ3n) is 3.16. The van der Waals surface area contributed by atoms with Gasteiger partial charge in [-0.25, -0.2) is 9.97 Å². The second-order valence-corrected chi connectivity index (χ2v) is 5.52. The van der Waals surface area contributed by atoms with Gasteiger partial charge in [0.1, 0.15) is 10.4 Å². The zero-order valence-corrected chi connectivity index (χ0v) is 12.9. The molecule has 1 atom stereocenters. The Morgan fingerprint density at radius 1 is 1.29 bits per heavy atom. The van der Waals surface area contributed by atoms with Crippen molar-refractivity contribution in [3.63, 3.8) is 0 Å². The number of aromatic nitrogens is 3. The molecular formula is C15H13BrN4O. The van der Waals surface area contributed by atoms with Crippen LogP contribution in [-0.2, 0) is 0 Å². The lowest BCUT2D eigenvalue weighted by molar-refractivity contribution is 0.0938. The molecule has 0 aliphatic heterocycles. The lowest BCUT2D eigenvalue weighted by Gasteiger charge is -2.11. The molecular weight excluding hydrogens is 332 g/mol. The standard InChI is InChI=1S/C15H13BrN4O/c1-9(14-19-11-4-2-3-5-12(11)20-14)18-15(21)10-6-7-13(16)17-8-10/h2-9H,1H3,(H,18,21)(H,19,20). The normalized spacial score (nSPS) is 12.3. The molecule has 106 valence electrons. The van der Waals surface area contributed by atoms with Crippen LogP contribution in [0.1, 0.15) is 29.1 Å². The molecule has 21 heavy (non-hydrogen) atoms. The van der Waals surface area contributed by atoms with Gasteiger partial charge < -0.3 is 10.3 Å². The molecule has 2 aromatic heterocycles. The zero-order chi connectivity index (χ0) is 14.8. The number of nitrogens with one attached hydrogen (secondary N) is 2. The summed E-state index contributed by atoms with van der Waals surface area (Å²) in [6.07, 6.45) is 1.53. The molecule has 1 unspecified atom stereocenters. The summed E-state index contributed by atoms with van der Waals surface area (Å²) in [5.74, 6) is 0.553. The minimum Gasteiger partial charge on any atom is -0.342 e. The predicted molar refractivity (Wildman–Crippen MR) is 83.9 cm³/mol. The monoisotopic (exact) mass is 344 g/mol. The van der Waals surface area contributed by atoms with Crippen LogP contribution < -0.4 is 5.32 Å². The number of hydrogen-bond donors (Lipinski definition) is 2. The third-order valence-corrected chi connectivity index (χ3v) is 3.62. The maximum absolute atomic E-state index is 12.1. The summed E-state index contributed by atoms with van der Waals surface area (Å²) in [6.45, 7) is 1.89. The van der Waals surface area contributed by atoms with E-state index in [1.165, 1.54) is 6.20 Å². The first-order valence-electron chi connectivity index (χ1n) is 6.50. The van der Waals surface area contributed by atoms with Crippen LogP contribution in [0.3, 0.4) is 0 Å². The number of H-pyrrole nitrogens is 1. The maximum atomic E-state index is 12.1. The lowest BCUT2D eigenvalue weighted by atomic mass is 10.2. The molecule has 6 heteroatoms. The summed E-state index contributed by atoms with van der Waals surface area (Å²) in [6, 6.07) is 11.0. The Bertz CT molecular complexity index is 749. The van der Waals surface area contributed by atoms with Crippen molar-refractivity contribution in [2.45, 2.75) is 13.0 Å². The number of carbonyl (C=O) groups excluding carboxylic acids is 1. The van der Waals surface area contributed by atoms with E-state index < -0.39 is 0 Å². The minimum absolute atomic E-state index is 0.178. The SMILES string of the molecule is CC(NC(=O)c1ccc(Br)nc1)c1nc2ccccc2[nH]1. The van der Waals surface area contributed by atoms with Crippen LogP contribution in [0.4, 0.5) is 0 Å². The van der Waals surface area contributed by atoms with Crippen molar-refractivity contribution in [2.24, 2.45) is 0 Å². The Kier molecular flexibility index (Phi) is 3.70. The van der Waals surface area contributed by atoms with Crippen LogP contribution in [0.15, 0.2) is 47.2 Å². The van der Waals surface area contributed by atoms with Crippen molar-refractivity contribution < 1.29 is 4.79 Å². The topological polar surface area (TPSA) is 70.7 Å². The molecule has 0 saturated heterocycles.